The summed E-state index contributed by atoms with van der Waals surface area (Å²) in [5.41, 5.74) is -0.0467. The van der Waals surface area contributed by atoms with E-state index in [1.54, 1.807) is 10.8 Å². The van der Waals surface area contributed by atoms with Gasteiger partial charge in [0.2, 0.25) is 4.84 Å². The average molecular weight is 282 g/mol. The molecule has 0 atom stereocenters. The van der Waals surface area contributed by atoms with Crippen molar-refractivity contribution in [3.8, 4) is 0 Å². The Labute approximate surface area is 104 Å². The summed E-state index contributed by atoms with van der Waals surface area (Å²) in [7, 11) is 0. The van der Waals surface area contributed by atoms with Crippen LogP contribution in [-0.4, -0.2) is 27.6 Å². The van der Waals surface area contributed by atoms with Gasteiger partial charge in [-0.05, 0) is 11.4 Å². The number of halogens is 2. The number of aliphatic carboxylic acids is 1. The Morgan fingerprint density at radius 1 is 1.50 bits per heavy atom. The minimum atomic E-state index is -1.40. The van der Waals surface area contributed by atoms with E-state index in [0.29, 0.717) is 5.56 Å². The molecular weight excluding hydrogens is 277 g/mol. The van der Waals surface area contributed by atoms with Gasteiger partial charge in [-0.25, -0.2) is 9.59 Å². The fourth-order valence-electron chi connectivity index (χ4n) is 0.745. The quantitative estimate of drug-likeness (QED) is 0.396. The molecule has 0 aliphatic rings. The number of thiophene rings is 1. The van der Waals surface area contributed by atoms with Crippen LogP contribution in [0.3, 0.4) is 0 Å². The molecule has 1 rings (SSSR count). The maximum atomic E-state index is 10.9. The molecule has 5 nitrogen and oxygen atoms in total. The van der Waals surface area contributed by atoms with Crippen LogP contribution in [0, 0.1) is 0 Å². The Morgan fingerprint density at radius 3 is 2.62 bits per heavy atom. The fourth-order valence-corrected chi connectivity index (χ4v) is 1.47. The number of carboxylic acid groups (broad SMARTS) is 1. The van der Waals surface area contributed by atoms with E-state index in [1.807, 2.05) is 0 Å². The Bertz CT molecular complexity index is 416. The fraction of sp³-hybridized carbons (Fsp3) is 0.125. The van der Waals surface area contributed by atoms with Crippen LogP contribution < -0.4 is 0 Å². The molecule has 16 heavy (non-hydrogen) atoms. The Kier molecular flexibility index (Phi) is 4.72. The van der Waals surface area contributed by atoms with E-state index >= 15 is 0 Å². The average Bonchev–Trinajstić information content (AvgIpc) is 2.70. The SMILES string of the molecule is O=C(O)C(=NOC(=O)C(Cl)Cl)c1ccsc1. The van der Waals surface area contributed by atoms with Crippen molar-refractivity contribution in [2.24, 2.45) is 5.16 Å². The lowest BCUT2D eigenvalue weighted by Crippen LogP contribution is -2.17. The molecule has 0 radical (unpaired) electrons. The van der Waals surface area contributed by atoms with Crippen LogP contribution in [0.2, 0.25) is 0 Å². The van der Waals surface area contributed by atoms with E-state index in [0.717, 1.165) is 0 Å². The number of carbonyl (C=O) groups excluding carboxylic acids is 1. The van der Waals surface area contributed by atoms with E-state index in [9.17, 15) is 9.59 Å². The van der Waals surface area contributed by atoms with Crippen LogP contribution in [0.4, 0.5) is 0 Å². The molecule has 1 aromatic rings. The van der Waals surface area contributed by atoms with Gasteiger partial charge >= 0.3 is 11.9 Å². The predicted molar refractivity (Wildman–Crippen MR) is 60.1 cm³/mol. The van der Waals surface area contributed by atoms with Crippen molar-refractivity contribution >= 4 is 52.2 Å². The summed E-state index contributed by atoms with van der Waals surface area (Å²) in [6, 6.07) is 1.53. The summed E-state index contributed by atoms with van der Waals surface area (Å²) in [4.78, 5) is 24.5. The summed E-state index contributed by atoms with van der Waals surface area (Å²) >= 11 is 11.7. The van der Waals surface area contributed by atoms with Gasteiger partial charge in [-0.3, -0.25) is 0 Å². The summed E-state index contributed by atoms with van der Waals surface area (Å²) in [6.45, 7) is 0. The first-order chi connectivity index (χ1) is 7.52. The first-order valence-corrected chi connectivity index (χ1v) is 5.67. The zero-order chi connectivity index (χ0) is 12.1. The smallest absolute Gasteiger partial charge is 0.367 e. The van der Waals surface area contributed by atoms with E-state index < -0.39 is 16.8 Å². The summed E-state index contributed by atoms with van der Waals surface area (Å²) in [6.07, 6.45) is 0. The second-order valence-corrected chi connectivity index (χ2v) is 4.34. The lowest BCUT2D eigenvalue weighted by atomic mass is 10.2. The van der Waals surface area contributed by atoms with Gasteiger partial charge in [0.25, 0.3) is 0 Å². The van der Waals surface area contributed by atoms with E-state index in [4.69, 9.17) is 28.3 Å². The van der Waals surface area contributed by atoms with Gasteiger partial charge in [0, 0.05) is 10.9 Å². The predicted octanol–water partition coefficient (Wildman–Crippen LogP) is 1.88. The highest BCUT2D eigenvalue weighted by atomic mass is 35.5. The minimum Gasteiger partial charge on any atom is -0.476 e. The number of oxime groups is 1. The molecule has 0 aliphatic heterocycles. The molecule has 0 aromatic carbocycles. The Morgan fingerprint density at radius 2 is 2.19 bits per heavy atom. The zero-order valence-electron chi connectivity index (χ0n) is 7.59. The second-order valence-electron chi connectivity index (χ2n) is 2.47. The first kappa shape index (κ1) is 13.0. The molecule has 0 bridgehead atoms. The number of hydrogen-bond donors (Lipinski definition) is 1. The molecule has 0 amide bonds. The first-order valence-electron chi connectivity index (χ1n) is 3.85. The van der Waals surface area contributed by atoms with Gasteiger partial charge in [-0.1, -0.05) is 28.4 Å². The molecule has 1 heterocycles. The number of carboxylic acids is 1. The molecule has 0 saturated heterocycles. The molecule has 0 aliphatic carbocycles. The van der Waals surface area contributed by atoms with Gasteiger partial charge in [0.15, 0.2) is 5.71 Å². The number of rotatable bonds is 4. The van der Waals surface area contributed by atoms with Crippen LogP contribution in [0.15, 0.2) is 22.0 Å². The highest BCUT2D eigenvalue weighted by molar-refractivity contribution is 7.08. The van der Waals surface area contributed by atoms with Gasteiger partial charge in [-0.15, -0.1) is 0 Å². The van der Waals surface area contributed by atoms with Crippen LogP contribution in [0.25, 0.3) is 0 Å². The maximum absolute atomic E-state index is 10.9. The van der Waals surface area contributed by atoms with Crippen molar-refractivity contribution in [1.29, 1.82) is 0 Å². The highest BCUT2D eigenvalue weighted by Crippen LogP contribution is 2.09. The van der Waals surface area contributed by atoms with E-state index in [1.165, 1.54) is 17.4 Å². The maximum Gasteiger partial charge on any atom is 0.367 e. The third kappa shape index (κ3) is 3.48. The van der Waals surface area contributed by atoms with Gasteiger partial charge in [-0.2, -0.15) is 11.3 Å². The number of hydrogen-bond acceptors (Lipinski definition) is 5. The van der Waals surface area contributed by atoms with Crippen LogP contribution in [0.5, 0.6) is 0 Å². The topological polar surface area (TPSA) is 76.0 Å². The van der Waals surface area contributed by atoms with E-state index in [2.05, 4.69) is 9.99 Å². The Balaban J connectivity index is 2.84. The van der Waals surface area contributed by atoms with Crippen molar-refractivity contribution in [3.05, 3.63) is 22.4 Å². The van der Waals surface area contributed by atoms with Crippen LogP contribution >= 0.6 is 34.5 Å². The lowest BCUT2D eigenvalue weighted by molar-refractivity contribution is -0.141. The van der Waals surface area contributed by atoms with Crippen molar-refractivity contribution in [1.82, 2.24) is 0 Å². The molecule has 0 fully saturated rings. The van der Waals surface area contributed by atoms with Crippen molar-refractivity contribution < 1.29 is 19.5 Å². The van der Waals surface area contributed by atoms with Crippen molar-refractivity contribution in [2.75, 3.05) is 0 Å². The van der Waals surface area contributed by atoms with Gasteiger partial charge in [0.1, 0.15) is 0 Å². The number of nitrogens with zero attached hydrogens (tertiary/aromatic N) is 1. The summed E-state index contributed by atoms with van der Waals surface area (Å²) in [5.74, 6) is -2.34. The van der Waals surface area contributed by atoms with Gasteiger partial charge in [0.05, 0.1) is 0 Å². The van der Waals surface area contributed by atoms with Crippen LogP contribution in [0.1, 0.15) is 5.56 Å². The molecule has 0 unspecified atom stereocenters. The third-order valence-corrected chi connectivity index (χ3v) is 2.44. The van der Waals surface area contributed by atoms with Crippen molar-refractivity contribution in [2.45, 2.75) is 4.84 Å². The molecule has 1 N–H and O–H groups in total. The highest BCUT2D eigenvalue weighted by Gasteiger charge is 2.17. The molecular formula is C8H5Cl2NO4S. The van der Waals surface area contributed by atoms with Gasteiger partial charge < -0.3 is 9.94 Å². The minimum absolute atomic E-state index is 0.339. The molecule has 8 heteroatoms. The lowest BCUT2D eigenvalue weighted by Gasteiger charge is -1.99. The number of carbonyl (C=O) groups is 2. The van der Waals surface area contributed by atoms with Crippen molar-refractivity contribution in [3.63, 3.8) is 0 Å². The standard InChI is InChI=1S/C8H5Cl2NO4S/c9-6(10)8(14)15-11-5(7(12)13)4-1-2-16-3-4/h1-3,6H,(H,12,13). The largest absolute Gasteiger partial charge is 0.476 e. The molecule has 1 aromatic heterocycles. The molecule has 86 valence electrons. The Hall–Kier alpha value is -1.11. The molecule has 0 spiro atoms. The van der Waals surface area contributed by atoms with E-state index in [-0.39, 0.29) is 5.71 Å². The monoisotopic (exact) mass is 281 g/mol. The molecule has 0 saturated carbocycles. The number of alkyl halides is 2. The van der Waals surface area contributed by atoms with Crippen LogP contribution in [-0.2, 0) is 14.4 Å². The summed E-state index contributed by atoms with van der Waals surface area (Å²) in [5, 5.41) is 15.2. The zero-order valence-corrected chi connectivity index (χ0v) is 9.92. The second kappa shape index (κ2) is 5.83. The third-order valence-electron chi connectivity index (χ3n) is 1.40. The normalized spacial score (nSPS) is 11.6. The summed E-state index contributed by atoms with van der Waals surface area (Å²) < 4.78 is 0.